The van der Waals surface area contributed by atoms with Gasteiger partial charge in [0.25, 0.3) is 0 Å². The van der Waals surface area contributed by atoms with E-state index in [1.807, 2.05) is 41.2 Å². The van der Waals surface area contributed by atoms with Gasteiger partial charge in [0.05, 0.1) is 17.5 Å². The van der Waals surface area contributed by atoms with E-state index in [9.17, 15) is 9.59 Å². The van der Waals surface area contributed by atoms with E-state index in [1.54, 1.807) is 17.1 Å². The minimum atomic E-state index is -0.412. The molecule has 4 rings (SSSR count). The topological polar surface area (TPSA) is 71.3 Å². The highest BCUT2D eigenvalue weighted by atomic mass is 16.2. The van der Waals surface area contributed by atoms with Crippen LogP contribution in [0.15, 0.2) is 36.8 Å². The number of likely N-dealkylation sites (tertiary alicyclic amines) is 2. The fourth-order valence-electron chi connectivity index (χ4n) is 4.30. The molecule has 1 atom stereocenters. The first-order valence-corrected chi connectivity index (χ1v) is 9.50. The molecule has 2 aliphatic rings. The molecule has 27 heavy (non-hydrogen) atoms. The number of nitrogens with zero attached hydrogens (tertiary/aromatic N) is 5. The lowest BCUT2D eigenvalue weighted by molar-refractivity contribution is -0.143. The lowest BCUT2D eigenvalue weighted by Gasteiger charge is -2.39. The smallest absolute Gasteiger partial charge is 0.230 e. The molecule has 1 unspecified atom stereocenters. The summed E-state index contributed by atoms with van der Waals surface area (Å²) >= 11 is 0. The number of rotatable bonds is 4. The summed E-state index contributed by atoms with van der Waals surface area (Å²) in [5, 5.41) is 4.30. The summed E-state index contributed by atoms with van der Waals surface area (Å²) in [5.74, 6) is 0.253. The largest absolute Gasteiger partial charge is 0.341 e. The lowest BCUT2D eigenvalue weighted by atomic mass is 9.78. The van der Waals surface area contributed by atoms with E-state index < -0.39 is 5.41 Å². The Labute approximate surface area is 159 Å². The maximum absolute atomic E-state index is 13.2. The molecular formula is C20H25N5O2. The monoisotopic (exact) mass is 367 g/mol. The van der Waals surface area contributed by atoms with Crippen LogP contribution in [0.4, 0.5) is 0 Å². The van der Waals surface area contributed by atoms with Crippen LogP contribution in [0.25, 0.3) is 0 Å². The highest BCUT2D eigenvalue weighted by Gasteiger charge is 2.49. The maximum Gasteiger partial charge on any atom is 0.230 e. The molecular weight excluding hydrogens is 342 g/mol. The minimum Gasteiger partial charge on any atom is -0.341 e. The minimum absolute atomic E-state index is 0.0631. The van der Waals surface area contributed by atoms with Crippen LogP contribution in [0, 0.1) is 5.41 Å². The summed E-state index contributed by atoms with van der Waals surface area (Å²) in [6.45, 7) is 2.63. The number of amides is 2. The summed E-state index contributed by atoms with van der Waals surface area (Å²) in [6, 6.07) is 5.76. The van der Waals surface area contributed by atoms with Crippen molar-refractivity contribution in [1.82, 2.24) is 24.6 Å². The molecule has 7 nitrogen and oxygen atoms in total. The molecule has 0 N–H and O–H groups in total. The van der Waals surface area contributed by atoms with E-state index in [1.165, 1.54) is 0 Å². The quantitative estimate of drug-likeness (QED) is 0.819. The van der Waals surface area contributed by atoms with Gasteiger partial charge < -0.3 is 9.80 Å². The van der Waals surface area contributed by atoms with Crippen LogP contribution in [-0.4, -0.2) is 56.0 Å². The summed E-state index contributed by atoms with van der Waals surface area (Å²) in [7, 11) is 1.85. The molecule has 4 heterocycles. The average molecular weight is 367 g/mol. The standard InChI is InChI=1S/C20H25N5O2/c1-23-11-5-17(22-23)13-18(26)25-10-2-6-20(15-25)7-12-24(19(20)27)14-16-3-8-21-9-4-16/h3-5,8-9,11H,2,6-7,10,12-15H2,1H3. The highest BCUT2D eigenvalue weighted by molar-refractivity contribution is 5.86. The molecule has 2 fully saturated rings. The van der Waals surface area contributed by atoms with Crippen LogP contribution < -0.4 is 0 Å². The van der Waals surface area contributed by atoms with E-state index in [0.717, 1.165) is 43.6 Å². The first kappa shape index (κ1) is 17.7. The second-order valence-corrected chi connectivity index (χ2v) is 7.69. The van der Waals surface area contributed by atoms with Gasteiger partial charge in [0.1, 0.15) is 0 Å². The lowest BCUT2D eigenvalue weighted by Crippen LogP contribution is -2.50. The molecule has 142 valence electrons. The summed E-state index contributed by atoms with van der Waals surface area (Å²) in [4.78, 5) is 33.7. The predicted molar refractivity (Wildman–Crippen MR) is 99.4 cm³/mol. The Bertz CT molecular complexity index is 834. The van der Waals surface area contributed by atoms with Crippen molar-refractivity contribution in [1.29, 1.82) is 0 Å². The Morgan fingerprint density at radius 3 is 2.74 bits per heavy atom. The van der Waals surface area contributed by atoms with Gasteiger partial charge in [0.15, 0.2) is 0 Å². The number of hydrogen-bond donors (Lipinski definition) is 0. The van der Waals surface area contributed by atoms with Gasteiger partial charge in [-0.15, -0.1) is 0 Å². The van der Waals surface area contributed by atoms with Gasteiger partial charge in [-0.3, -0.25) is 19.3 Å². The molecule has 2 aromatic heterocycles. The van der Waals surface area contributed by atoms with Gasteiger partial charge in [-0.05, 0) is 43.0 Å². The number of aryl methyl sites for hydroxylation is 1. The predicted octanol–water partition coefficient (Wildman–Crippen LogP) is 1.40. The Kier molecular flexibility index (Phi) is 4.68. The number of carbonyl (C=O) groups is 2. The number of carbonyl (C=O) groups excluding carboxylic acids is 2. The third kappa shape index (κ3) is 3.59. The second-order valence-electron chi connectivity index (χ2n) is 7.69. The van der Waals surface area contributed by atoms with Crippen LogP contribution >= 0.6 is 0 Å². The first-order chi connectivity index (χ1) is 13.1. The van der Waals surface area contributed by atoms with Gasteiger partial charge >= 0.3 is 0 Å². The van der Waals surface area contributed by atoms with Crippen LogP contribution in [0.5, 0.6) is 0 Å². The van der Waals surface area contributed by atoms with Crippen molar-refractivity contribution in [2.75, 3.05) is 19.6 Å². The number of pyridine rings is 1. The molecule has 2 amide bonds. The zero-order valence-corrected chi connectivity index (χ0v) is 15.7. The summed E-state index contributed by atoms with van der Waals surface area (Å²) in [6.07, 6.45) is 8.22. The van der Waals surface area contributed by atoms with E-state index >= 15 is 0 Å². The van der Waals surface area contributed by atoms with Gasteiger partial charge in [-0.25, -0.2) is 0 Å². The van der Waals surface area contributed by atoms with E-state index in [0.29, 0.717) is 19.5 Å². The Morgan fingerprint density at radius 1 is 1.19 bits per heavy atom. The number of hydrogen-bond acceptors (Lipinski definition) is 4. The van der Waals surface area contributed by atoms with Crippen LogP contribution in [-0.2, 0) is 29.6 Å². The molecule has 0 aliphatic carbocycles. The van der Waals surface area contributed by atoms with Crippen molar-refractivity contribution < 1.29 is 9.59 Å². The first-order valence-electron chi connectivity index (χ1n) is 9.50. The van der Waals surface area contributed by atoms with Crippen LogP contribution in [0.2, 0.25) is 0 Å². The van der Waals surface area contributed by atoms with Crippen LogP contribution in [0.1, 0.15) is 30.5 Å². The molecule has 2 saturated heterocycles. The van der Waals surface area contributed by atoms with Crippen molar-refractivity contribution in [2.24, 2.45) is 12.5 Å². The van der Waals surface area contributed by atoms with Crippen molar-refractivity contribution in [3.8, 4) is 0 Å². The molecule has 0 bridgehead atoms. The van der Waals surface area contributed by atoms with Crippen molar-refractivity contribution >= 4 is 11.8 Å². The zero-order valence-electron chi connectivity index (χ0n) is 15.7. The molecule has 2 aliphatic heterocycles. The number of aromatic nitrogens is 3. The van der Waals surface area contributed by atoms with Gasteiger partial charge in [0.2, 0.25) is 11.8 Å². The molecule has 0 saturated carbocycles. The van der Waals surface area contributed by atoms with E-state index in [2.05, 4.69) is 10.1 Å². The Balaban J connectivity index is 1.42. The molecule has 1 spiro atoms. The van der Waals surface area contributed by atoms with Gasteiger partial charge in [-0.2, -0.15) is 5.10 Å². The fourth-order valence-corrected chi connectivity index (χ4v) is 4.30. The second kappa shape index (κ2) is 7.13. The SMILES string of the molecule is Cn1ccc(CC(=O)N2CCCC3(CCN(Cc4ccncc4)C3=O)C2)n1. The summed E-state index contributed by atoms with van der Waals surface area (Å²) < 4.78 is 1.71. The molecule has 2 aromatic rings. The third-order valence-corrected chi connectivity index (χ3v) is 5.75. The molecule has 0 radical (unpaired) electrons. The van der Waals surface area contributed by atoms with E-state index in [4.69, 9.17) is 0 Å². The van der Waals surface area contributed by atoms with Crippen molar-refractivity contribution in [3.05, 3.63) is 48.0 Å². The van der Waals surface area contributed by atoms with Crippen LogP contribution in [0.3, 0.4) is 0 Å². The van der Waals surface area contributed by atoms with Gasteiger partial charge in [-0.1, -0.05) is 0 Å². The van der Waals surface area contributed by atoms with Crippen molar-refractivity contribution in [2.45, 2.75) is 32.2 Å². The third-order valence-electron chi connectivity index (χ3n) is 5.75. The number of piperidine rings is 1. The molecule has 0 aromatic carbocycles. The average Bonchev–Trinajstić information content (AvgIpc) is 3.21. The highest BCUT2D eigenvalue weighted by Crippen LogP contribution is 2.40. The maximum atomic E-state index is 13.2. The molecule has 7 heteroatoms. The van der Waals surface area contributed by atoms with Crippen molar-refractivity contribution in [3.63, 3.8) is 0 Å². The zero-order chi connectivity index (χ0) is 18.9. The normalized spacial score (nSPS) is 22.6. The Morgan fingerprint density at radius 2 is 2.00 bits per heavy atom. The summed E-state index contributed by atoms with van der Waals surface area (Å²) in [5.41, 5.74) is 1.46. The van der Waals surface area contributed by atoms with Gasteiger partial charge in [0, 0.05) is 51.8 Å². The fraction of sp³-hybridized carbons (Fsp3) is 0.500. The Hall–Kier alpha value is -2.70. The van der Waals surface area contributed by atoms with E-state index in [-0.39, 0.29) is 11.8 Å².